The van der Waals surface area contributed by atoms with Crippen LogP contribution in [0.15, 0.2) is 48.5 Å². The van der Waals surface area contributed by atoms with E-state index >= 15 is 0 Å². The number of nitrogens with zero attached hydrogens (tertiary/aromatic N) is 4. The molecule has 0 aliphatic carbocycles. The van der Waals surface area contributed by atoms with Crippen molar-refractivity contribution in [3.63, 3.8) is 0 Å². The fourth-order valence-corrected chi connectivity index (χ4v) is 3.67. The molecule has 0 saturated heterocycles. The molecular formula is C21H21N7O. The fourth-order valence-electron chi connectivity index (χ4n) is 3.67. The minimum Gasteiger partial charge on any atom is -0.508 e. The normalized spacial score (nSPS) is 10.7. The molecule has 0 amide bonds. The third kappa shape index (κ3) is 2.72. The van der Waals surface area contributed by atoms with E-state index in [0.29, 0.717) is 11.4 Å². The van der Waals surface area contributed by atoms with Crippen LogP contribution in [-0.2, 0) is 0 Å². The van der Waals surface area contributed by atoms with Gasteiger partial charge < -0.3 is 25.7 Å². The lowest BCUT2D eigenvalue weighted by molar-refractivity contribution is 0.475. The Labute approximate surface area is 168 Å². The summed E-state index contributed by atoms with van der Waals surface area (Å²) < 4.78 is 2.02. The molecule has 4 rings (SSSR count). The minimum absolute atomic E-state index is 0.182. The third-order valence-electron chi connectivity index (χ3n) is 4.90. The van der Waals surface area contributed by atoms with Gasteiger partial charge in [-0.15, -0.1) is 5.10 Å². The zero-order valence-corrected chi connectivity index (χ0v) is 16.4. The highest BCUT2D eigenvalue weighted by atomic mass is 16.3. The van der Waals surface area contributed by atoms with Gasteiger partial charge in [0.2, 0.25) is 0 Å². The highest BCUT2D eigenvalue weighted by Gasteiger charge is 2.27. The van der Waals surface area contributed by atoms with Gasteiger partial charge in [-0.05, 0) is 30.3 Å². The topological polar surface area (TPSA) is 103 Å². The molecule has 8 heteroatoms. The Morgan fingerprint density at radius 1 is 1.00 bits per heavy atom. The lowest BCUT2D eigenvalue weighted by atomic mass is 10.1. The summed E-state index contributed by atoms with van der Waals surface area (Å²) in [7, 11) is 5.38. The van der Waals surface area contributed by atoms with Crippen molar-refractivity contribution in [2.24, 2.45) is 0 Å². The first-order valence-electron chi connectivity index (χ1n) is 9.14. The van der Waals surface area contributed by atoms with Gasteiger partial charge in [0.25, 0.3) is 0 Å². The van der Waals surface area contributed by atoms with E-state index < -0.39 is 0 Å². The Kier molecular flexibility index (Phi) is 4.49. The maximum Gasteiger partial charge on any atom is 0.161 e. The Balaban J connectivity index is 2.19. The zero-order valence-electron chi connectivity index (χ0n) is 16.4. The second kappa shape index (κ2) is 7.13. The van der Waals surface area contributed by atoms with Gasteiger partial charge in [0.1, 0.15) is 11.8 Å². The molecule has 0 fully saturated rings. The Hall–Kier alpha value is -4.12. The van der Waals surface area contributed by atoms with Crippen molar-refractivity contribution in [2.75, 3.05) is 37.2 Å². The van der Waals surface area contributed by atoms with E-state index in [2.05, 4.69) is 27.2 Å². The molecule has 0 radical (unpaired) electrons. The summed E-state index contributed by atoms with van der Waals surface area (Å²) in [5, 5.41) is 31.6. The quantitative estimate of drug-likeness (QED) is 0.419. The first-order chi connectivity index (χ1) is 14.1. The summed E-state index contributed by atoms with van der Waals surface area (Å²) in [6.45, 7) is 0. The number of anilines is 2. The van der Waals surface area contributed by atoms with E-state index in [1.165, 1.54) is 0 Å². The van der Waals surface area contributed by atoms with Crippen LogP contribution in [-0.4, -0.2) is 40.7 Å². The van der Waals surface area contributed by atoms with Crippen molar-refractivity contribution in [1.82, 2.24) is 14.5 Å². The number of hydrogen-bond acceptors (Lipinski definition) is 6. The van der Waals surface area contributed by atoms with Crippen LogP contribution in [0.1, 0.15) is 5.56 Å². The number of rotatable bonds is 5. The molecule has 4 aromatic rings. The molecule has 2 heterocycles. The molecule has 0 saturated carbocycles. The lowest BCUT2D eigenvalue weighted by Crippen LogP contribution is -2.14. The van der Waals surface area contributed by atoms with Crippen LogP contribution in [0, 0.1) is 11.3 Å². The van der Waals surface area contributed by atoms with E-state index in [4.69, 9.17) is 0 Å². The second-order valence-electron chi connectivity index (χ2n) is 6.41. The maximum absolute atomic E-state index is 10.1. The Bertz CT molecular complexity index is 1230. The van der Waals surface area contributed by atoms with Crippen molar-refractivity contribution >= 4 is 22.5 Å². The van der Waals surface area contributed by atoms with Crippen molar-refractivity contribution in [1.29, 1.82) is 5.26 Å². The number of benzene rings is 2. The van der Waals surface area contributed by atoms with Crippen molar-refractivity contribution in [2.45, 2.75) is 0 Å². The Morgan fingerprint density at radius 3 is 2.34 bits per heavy atom. The molecule has 0 unspecified atom stereocenters. The first-order valence-corrected chi connectivity index (χ1v) is 9.14. The molecule has 2 aromatic carbocycles. The van der Waals surface area contributed by atoms with Crippen LogP contribution >= 0.6 is 0 Å². The molecule has 0 spiro atoms. The third-order valence-corrected chi connectivity index (χ3v) is 4.90. The minimum atomic E-state index is 0.182. The van der Waals surface area contributed by atoms with Gasteiger partial charge >= 0.3 is 0 Å². The molecule has 29 heavy (non-hydrogen) atoms. The van der Waals surface area contributed by atoms with Crippen LogP contribution in [0.2, 0.25) is 0 Å². The van der Waals surface area contributed by atoms with Crippen molar-refractivity contribution in [3.8, 4) is 28.8 Å². The summed E-state index contributed by atoms with van der Waals surface area (Å²) in [5.41, 5.74) is 6.79. The number of hydrogen-bond donors (Lipinski definition) is 4. The monoisotopic (exact) mass is 387 g/mol. The van der Waals surface area contributed by atoms with Crippen LogP contribution < -0.4 is 16.1 Å². The van der Waals surface area contributed by atoms with Gasteiger partial charge in [-0.1, -0.05) is 18.2 Å². The van der Waals surface area contributed by atoms with Gasteiger partial charge in [0.15, 0.2) is 11.6 Å². The molecule has 0 aliphatic heterocycles. The number of phenols is 1. The van der Waals surface area contributed by atoms with Crippen LogP contribution in [0.25, 0.3) is 27.8 Å². The van der Waals surface area contributed by atoms with E-state index in [-0.39, 0.29) is 5.75 Å². The second-order valence-corrected chi connectivity index (χ2v) is 6.41. The number of nitrogens with one attached hydrogen (secondary N) is 3. The maximum atomic E-state index is 10.1. The zero-order chi connectivity index (χ0) is 20.5. The predicted molar refractivity (Wildman–Crippen MR) is 115 cm³/mol. The van der Waals surface area contributed by atoms with Gasteiger partial charge in [-0.2, -0.15) is 10.1 Å². The largest absolute Gasteiger partial charge is 0.508 e. The summed E-state index contributed by atoms with van der Waals surface area (Å²) in [6, 6.07) is 17.1. The van der Waals surface area contributed by atoms with Gasteiger partial charge in [0, 0.05) is 32.2 Å². The molecule has 8 nitrogen and oxygen atoms in total. The fraction of sp³-hybridized carbons (Fsp3) is 0.143. The molecule has 0 aliphatic rings. The van der Waals surface area contributed by atoms with Crippen LogP contribution in [0.3, 0.4) is 0 Å². The van der Waals surface area contributed by atoms with Gasteiger partial charge in [0.05, 0.1) is 22.3 Å². The van der Waals surface area contributed by atoms with E-state index in [1.54, 1.807) is 31.0 Å². The van der Waals surface area contributed by atoms with E-state index in [0.717, 1.165) is 33.7 Å². The predicted octanol–water partition coefficient (Wildman–Crippen LogP) is 3.33. The van der Waals surface area contributed by atoms with Gasteiger partial charge in [-0.3, -0.25) is 0 Å². The van der Waals surface area contributed by atoms with Crippen molar-refractivity contribution in [3.05, 3.63) is 54.1 Å². The number of fused-ring (bicyclic) bond motifs is 1. The smallest absolute Gasteiger partial charge is 0.161 e. The number of para-hydroxylation sites is 1. The standard InChI is InChI=1S/C21H21N7O/c1-23-20-18(21(24-2)28(25-3)26-20)19-16(12-22)15-6-4-5-7-17(15)27(19)13-8-10-14(29)11-9-13/h4-11,24-25,29H,1-3H3,(H,23,26). The summed E-state index contributed by atoms with van der Waals surface area (Å²) in [6.07, 6.45) is 0. The molecule has 146 valence electrons. The summed E-state index contributed by atoms with van der Waals surface area (Å²) in [5.74, 6) is 1.53. The highest BCUT2D eigenvalue weighted by molar-refractivity contribution is 6.00. The molecule has 2 aromatic heterocycles. The van der Waals surface area contributed by atoms with Crippen LogP contribution in [0.5, 0.6) is 5.75 Å². The van der Waals surface area contributed by atoms with Gasteiger partial charge in [-0.25, -0.2) is 0 Å². The number of aromatic nitrogens is 3. The molecule has 4 N–H and O–H groups in total. The summed E-state index contributed by atoms with van der Waals surface area (Å²) in [4.78, 5) is 1.63. The first kappa shape index (κ1) is 18.3. The molecular weight excluding hydrogens is 366 g/mol. The average molecular weight is 387 g/mol. The van der Waals surface area contributed by atoms with E-state index in [9.17, 15) is 10.4 Å². The molecule has 0 atom stereocenters. The number of nitriles is 1. The number of phenolic OH excluding ortho intramolecular Hbond substituents is 1. The van der Waals surface area contributed by atoms with Crippen molar-refractivity contribution < 1.29 is 5.11 Å². The Morgan fingerprint density at radius 2 is 1.72 bits per heavy atom. The lowest BCUT2D eigenvalue weighted by Gasteiger charge is -2.14. The summed E-state index contributed by atoms with van der Waals surface area (Å²) >= 11 is 0. The van der Waals surface area contributed by atoms with Crippen LogP contribution in [0.4, 0.5) is 11.6 Å². The molecule has 0 bridgehead atoms. The highest BCUT2D eigenvalue weighted by Crippen LogP contribution is 2.42. The number of aromatic hydroxyl groups is 1. The SMILES string of the molecule is CNc1nn(NC)c(NC)c1-c1c(C#N)c2ccccc2n1-c1ccc(O)cc1. The van der Waals surface area contributed by atoms with E-state index in [1.807, 2.05) is 48.0 Å². The average Bonchev–Trinajstić information content (AvgIpc) is 3.28.